The van der Waals surface area contributed by atoms with Crippen molar-refractivity contribution < 1.29 is 33.4 Å². The largest absolute Gasteiger partial charge is 0.462 e. The summed E-state index contributed by atoms with van der Waals surface area (Å²) >= 11 is 0. The van der Waals surface area contributed by atoms with Crippen LogP contribution in [0.3, 0.4) is 0 Å². The first-order valence-corrected chi connectivity index (χ1v) is 9.97. The minimum Gasteiger partial charge on any atom is -0.462 e. The molecule has 0 aromatic heterocycles. The van der Waals surface area contributed by atoms with Gasteiger partial charge in [-0.15, -0.1) is 0 Å². The smallest absolute Gasteiger partial charge is 0.313 e. The Morgan fingerprint density at radius 2 is 1.79 bits per heavy atom. The minimum atomic E-state index is -0.485. The first-order valence-electron chi connectivity index (χ1n) is 9.97. The van der Waals surface area contributed by atoms with Crippen molar-refractivity contribution in [1.29, 1.82) is 0 Å². The molecule has 3 fully saturated rings. The highest BCUT2D eigenvalue weighted by molar-refractivity contribution is 5.76. The van der Waals surface area contributed by atoms with Gasteiger partial charge in [-0.1, -0.05) is 0 Å². The van der Waals surface area contributed by atoms with E-state index in [0.717, 1.165) is 0 Å². The van der Waals surface area contributed by atoms with Gasteiger partial charge in [-0.3, -0.25) is 14.4 Å². The van der Waals surface area contributed by atoms with Crippen LogP contribution in [-0.2, 0) is 33.4 Å². The van der Waals surface area contributed by atoms with Crippen LogP contribution in [0.1, 0.15) is 54.9 Å². The number of hydrogen-bond donors (Lipinski definition) is 0. The van der Waals surface area contributed by atoms with E-state index in [1.807, 2.05) is 46.6 Å². The second-order valence-corrected chi connectivity index (χ2v) is 9.82. The number of rotatable bonds is 4. The van der Waals surface area contributed by atoms with E-state index < -0.39 is 23.6 Å². The Kier molecular flexibility index (Phi) is 5.80. The molecular formula is C20H33NO7. The Hall–Kier alpha value is -1.22. The summed E-state index contributed by atoms with van der Waals surface area (Å²) in [6.07, 6.45) is -0.831. The van der Waals surface area contributed by atoms with Crippen LogP contribution in [0.15, 0.2) is 0 Å². The van der Waals surface area contributed by atoms with E-state index in [-0.39, 0.29) is 42.5 Å². The maximum Gasteiger partial charge on any atom is 0.313 e. The van der Waals surface area contributed by atoms with Gasteiger partial charge in [-0.05, 0) is 41.5 Å². The molecule has 0 unspecified atom stereocenters. The third kappa shape index (κ3) is 4.84. The molecule has 0 aromatic carbocycles. The quantitative estimate of drug-likeness (QED) is 0.663. The van der Waals surface area contributed by atoms with Gasteiger partial charge in [0.25, 0.3) is 0 Å². The molecule has 0 bridgehead atoms. The van der Waals surface area contributed by atoms with Crippen LogP contribution in [0.4, 0.5) is 0 Å². The molecule has 3 rings (SSSR count). The molecule has 0 aliphatic carbocycles. The van der Waals surface area contributed by atoms with Crippen molar-refractivity contribution in [2.45, 2.75) is 96.5 Å². The van der Waals surface area contributed by atoms with Gasteiger partial charge in [0.15, 0.2) is 0 Å². The van der Waals surface area contributed by atoms with Gasteiger partial charge < -0.3 is 18.9 Å². The summed E-state index contributed by atoms with van der Waals surface area (Å²) < 4.78 is 23.1. The fourth-order valence-corrected chi connectivity index (χ4v) is 4.20. The van der Waals surface area contributed by atoms with E-state index in [9.17, 15) is 9.59 Å². The number of nitrogens with zero attached hydrogens (tertiary/aromatic N) is 1. The maximum atomic E-state index is 12.8. The van der Waals surface area contributed by atoms with Gasteiger partial charge in [0.1, 0.15) is 30.8 Å². The zero-order chi connectivity index (χ0) is 20.9. The fraction of sp³-hybridized carbons (Fsp3) is 0.900. The lowest BCUT2D eigenvalue weighted by Gasteiger charge is -2.37. The molecule has 3 aliphatic heterocycles. The standard InChI is InChI=1S/C20H33NO7/c1-11(22)24-10-12-8-13-15(18(23)25-12)16-17(27-20(5,6)7)14(9-21(16)28-13)26-19(2,3)4/h12-17H,8-10H2,1-7H3/t12-,13+,14-,15-,16-,17+/m0/s1. The lowest BCUT2D eigenvalue weighted by atomic mass is 9.86. The number of cyclic esters (lactones) is 1. The second kappa shape index (κ2) is 7.55. The van der Waals surface area contributed by atoms with Crippen molar-refractivity contribution in [1.82, 2.24) is 5.06 Å². The second-order valence-electron chi connectivity index (χ2n) is 9.82. The normalized spacial score (nSPS) is 36.0. The summed E-state index contributed by atoms with van der Waals surface area (Å²) in [4.78, 5) is 30.0. The summed E-state index contributed by atoms with van der Waals surface area (Å²) in [5.74, 6) is -1.18. The number of ether oxygens (including phenoxy) is 4. The molecule has 3 saturated heterocycles. The van der Waals surface area contributed by atoms with Gasteiger partial charge in [0.2, 0.25) is 0 Å². The van der Waals surface area contributed by atoms with Crippen LogP contribution >= 0.6 is 0 Å². The van der Waals surface area contributed by atoms with Crippen molar-refractivity contribution in [2.24, 2.45) is 5.92 Å². The zero-order valence-electron chi connectivity index (χ0n) is 17.9. The summed E-state index contributed by atoms with van der Waals surface area (Å²) in [6, 6.07) is -0.265. The van der Waals surface area contributed by atoms with E-state index in [2.05, 4.69) is 0 Å². The average molecular weight is 399 g/mol. The summed E-state index contributed by atoms with van der Waals surface area (Å²) in [7, 11) is 0. The van der Waals surface area contributed by atoms with Crippen molar-refractivity contribution >= 4 is 11.9 Å². The summed E-state index contributed by atoms with van der Waals surface area (Å²) in [6.45, 7) is 13.9. The predicted octanol–water partition coefficient (Wildman–Crippen LogP) is 1.85. The molecule has 28 heavy (non-hydrogen) atoms. The molecule has 8 nitrogen and oxygen atoms in total. The van der Waals surface area contributed by atoms with Crippen LogP contribution in [0.2, 0.25) is 0 Å². The van der Waals surface area contributed by atoms with Crippen molar-refractivity contribution in [3.63, 3.8) is 0 Å². The minimum absolute atomic E-state index is 0.0516. The number of carbonyl (C=O) groups is 2. The zero-order valence-corrected chi connectivity index (χ0v) is 17.9. The van der Waals surface area contributed by atoms with Crippen LogP contribution < -0.4 is 0 Å². The Morgan fingerprint density at radius 1 is 1.14 bits per heavy atom. The average Bonchev–Trinajstić information content (AvgIpc) is 2.99. The van der Waals surface area contributed by atoms with Crippen LogP contribution in [0, 0.1) is 5.92 Å². The Labute approximate surface area is 166 Å². The Morgan fingerprint density at radius 3 is 2.36 bits per heavy atom. The molecule has 0 N–H and O–H groups in total. The van der Waals surface area contributed by atoms with Crippen molar-refractivity contribution in [2.75, 3.05) is 13.2 Å². The number of esters is 2. The third-order valence-corrected chi connectivity index (χ3v) is 4.95. The van der Waals surface area contributed by atoms with Crippen molar-refractivity contribution in [3.8, 4) is 0 Å². The van der Waals surface area contributed by atoms with E-state index in [1.54, 1.807) is 0 Å². The van der Waals surface area contributed by atoms with E-state index in [1.165, 1.54) is 6.92 Å². The molecule has 0 aromatic rings. The van der Waals surface area contributed by atoms with Gasteiger partial charge >= 0.3 is 11.9 Å². The van der Waals surface area contributed by atoms with E-state index >= 15 is 0 Å². The first kappa shape index (κ1) is 21.5. The maximum absolute atomic E-state index is 12.8. The third-order valence-electron chi connectivity index (χ3n) is 4.95. The highest BCUT2D eigenvalue weighted by atomic mass is 16.7. The summed E-state index contributed by atoms with van der Waals surface area (Å²) in [5.41, 5.74) is -0.736. The highest BCUT2D eigenvalue weighted by Gasteiger charge is 2.61. The fourth-order valence-electron chi connectivity index (χ4n) is 4.20. The molecule has 3 aliphatic rings. The van der Waals surface area contributed by atoms with E-state index in [4.69, 9.17) is 23.8 Å². The highest BCUT2D eigenvalue weighted by Crippen LogP contribution is 2.44. The Bertz CT molecular complexity index is 609. The molecule has 0 amide bonds. The molecule has 0 saturated carbocycles. The number of carbonyl (C=O) groups excluding carboxylic acids is 2. The molecule has 0 radical (unpaired) electrons. The topological polar surface area (TPSA) is 83.5 Å². The monoisotopic (exact) mass is 399 g/mol. The predicted molar refractivity (Wildman–Crippen MR) is 99.2 cm³/mol. The van der Waals surface area contributed by atoms with Crippen molar-refractivity contribution in [3.05, 3.63) is 0 Å². The molecule has 3 heterocycles. The molecule has 160 valence electrons. The Balaban J connectivity index is 1.77. The number of hydroxylamine groups is 2. The van der Waals surface area contributed by atoms with Gasteiger partial charge in [-0.25, -0.2) is 0 Å². The van der Waals surface area contributed by atoms with Crippen LogP contribution in [0.5, 0.6) is 0 Å². The molecule has 0 spiro atoms. The lowest BCUT2D eigenvalue weighted by molar-refractivity contribution is -0.193. The lowest BCUT2D eigenvalue weighted by Crippen LogP contribution is -2.51. The van der Waals surface area contributed by atoms with Gasteiger partial charge in [-0.2, -0.15) is 5.06 Å². The molecule has 6 atom stereocenters. The van der Waals surface area contributed by atoms with Crippen LogP contribution in [-0.4, -0.2) is 71.8 Å². The molecular weight excluding hydrogens is 366 g/mol. The van der Waals surface area contributed by atoms with Crippen LogP contribution in [0.25, 0.3) is 0 Å². The SMILES string of the molecule is CC(=O)OC[C@@H]1C[C@H]2ON3C[C@H](OC(C)(C)C)[C@@H](OC(C)(C)C)[C@@H]3[C@H]2C(=O)O1. The van der Waals surface area contributed by atoms with Gasteiger partial charge in [0.05, 0.1) is 29.9 Å². The summed E-state index contributed by atoms with van der Waals surface area (Å²) in [5, 5.41) is 1.83. The first-order chi connectivity index (χ1) is 12.8. The van der Waals surface area contributed by atoms with E-state index in [0.29, 0.717) is 13.0 Å². The molecule has 8 heteroatoms. The number of fused-ring (bicyclic) bond motifs is 3. The van der Waals surface area contributed by atoms with Gasteiger partial charge in [0, 0.05) is 13.3 Å². The number of hydrogen-bond acceptors (Lipinski definition) is 8.